The summed E-state index contributed by atoms with van der Waals surface area (Å²) in [5.41, 5.74) is 3.52. The maximum absolute atomic E-state index is 10.1. The molecular formula is C17H26N2O. The molecule has 1 aromatic rings. The van der Waals surface area contributed by atoms with Gasteiger partial charge in [-0.1, -0.05) is 6.07 Å². The molecule has 20 heavy (non-hydrogen) atoms. The quantitative estimate of drug-likeness (QED) is 0.918. The summed E-state index contributed by atoms with van der Waals surface area (Å²) in [6.45, 7) is 9.95. The van der Waals surface area contributed by atoms with Crippen molar-refractivity contribution in [2.24, 2.45) is 0 Å². The third kappa shape index (κ3) is 2.84. The van der Waals surface area contributed by atoms with Gasteiger partial charge in [-0.25, -0.2) is 0 Å². The van der Waals surface area contributed by atoms with Gasteiger partial charge >= 0.3 is 0 Å². The van der Waals surface area contributed by atoms with Crippen LogP contribution in [-0.2, 0) is 6.54 Å². The van der Waals surface area contributed by atoms with Crippen LogP contribution in [0.2, 0.25) is 0 Å². The van der Waals surface area contributed by atoms with Gasteiger partial charge in [0, 0.05) is 31.2 Å². The first-order valence-electron chi connectivity index (χ1n) is 7.89. The van der Waals surface area contributed by atoms with E-state index in [9.17, 15) is 5.11 Å². The molecule has 0 amide bonds. The lowest BCUT2D eigenvalue weighted by Crippen LogP contribution is -2.35. The minimum atomic E-state index is 0.456. The molecule has 0 radical (unpaired) electrons. The van der Waals surface area contributed by atoms with E-state index in [-0.39, 0.29) is 0 Å². The van der Waals surface area contributed by atoms with E-state index in [2.05, 4.69) is 29.7 Å². The zero-order chi connectivity index (χ0) is 14.1. The highest BCUT2D eigenvalue weighted by Crippen LogP contribution is 2.26. The third-order valence-corrected chi connectivity index (χ3v) is 4.99. The molecule has 0 aromatic heterocycles. The molecular weight excluding hydrogens is 248 g/mol. The molecule has 1 aromatic carbocycles. The number of likely N-dealkylation sites (tertiary alicyclic amines) is 2. The molecule has 1 N–H and O–H groups in total. The second kappa shape index (κ2) is 5.74. The lowest BCUT2D eigenvalue weighted by atomic mass is 10.0. The molecule has 1 atom stereocenters. The smallest absolute Gasteiger partial charge is 0.120 e. The molecule has 2 heterocycles. The predicted octanol–water partition coefficient (Wildman–Crippen LogP) is 2.68. The van der Waals surface area contributed by atoms with Crippen molar-refractivity contribution in [3.05, 3.63) is 28.8 Å². The Bertz CT molecular complexity index is 480. The average Bonchev–Trinajstić information content (AvgIpc) is 3.06. The van der Waals surface area contributed by atoms with Crippen molar-refractivity contribution in [1.29, 1.82) is 0 Å². The fourth-order valence-electron chi connectivity index (χ4n) is 3.59. The minimum Gasteiger partial charge on any atom is -0.508 e. The number of rotatable bonds is 3. The van der Waals surface area contributed by atoms with Gasteiger partial charge in [-0.05, 0) is 63.4 Å². The van der Waals surface area contributed by atoms with Crippen molar-refractivity contribution in [1.82, 2.24) is 9.80 Å². The van der Waals surface area contributed by atoms with Crippen LogP contribution in [0.25, 0.3) is 0 Å². The zero-order valence-corrected chi connectivity index (χ0v) is 12.7. The summed E-state index contributed by atoms with van der Waals surface area (Å²) in [5.74, 6) is 0.456. The van der Waals surface area contributed by atoms with Crippen molar-refractivity contribution in [2.75, 3.05) is 26.2 Å². The Kier molecular flexibility index (Phi) is 3.99. The second-order valence-electron chi connectivity index (χ2n) is 6.49. The van der Waals surface area contributed by atoms with Gasteiger partial charge in [0.05, 0.1) is 0 Å². The molecule has 1 unspecified atom stereocenters. The number of benzene rings is 1. The maximum Gasteiger partial charge on any atom is 0.120 e. The van der Waals surface area contributed by atoms with Crippen LogP contribution >= 0.6 is 0 Å². The average molecular weight is 274 g/mol. The van der Waals surface area contributed by atoms with E-state index in [1.165, 1.54) is 43.5 Å². The first-order chi connectivity index (χ1) is 9.63. The molecule has 0 spiro atoms. The van der Waals surface area contributed by atoms with Crippen LogP contribution in [0.3, 0.4) is 0 Å². The van der Waals surface area contributed by atoms with Gasteiger partial charge in [-0.2, -0.15) is 0 Å². The summed E-state index contributed by atoms with van der Waals surface area (Å²) >= 11 is 0. The Morgan fingerprint density at radius 3 is 2.55 bits per heavy atom. The van der Waals surface area contributed by atoms with E-state index in [0.717, 1.165) is 31.2 Å². The summed E-state index contributed by atoms with van der Waals surface area (Å²) in [4.78, 5) is 5.15. The third-order valence-electron chi connectivity index (χ3n) is 4.99. The Morgan fingerprint density at radius 1 is 1.10 bits per heavy atom. The number of aromatic hydroxyl groups is 1. The summed E-state index contributed by atoms with van der Waals surface area (Å²) in [5, 5.41) is 10.1. The lowest BCUT2D eigenvalue weighted by Gasteiger charge is -2.24. The van der Waals surface area contributed by atoms with Crippen LogP contribution in [0.5, 0.6) is 5.75 Å². The van der Waals surface area contributed by atoms with Crippen LogP contribution in [0, 0.1) is 13.8 Å². The number of phenolic OH excluding ortho intramolecular Hbond substituents is 1. The van der Waals surface area contributed by atoms with E-state index >= 15 is 0 Å². The second-order valence-corrected chi connectivity index (χ2v) is 6.49. The Labute approximate surface area is 122 Å². The molecule has 2 saturated heterocycles. The van der Waals surface area contributed by atoms with E-state index in [0.29, 0.717) is 5.75 Å². The molecule has 2 fully saturated rings. The van der Waals surface area contributed by atoms with Crippen LogP contribution in [0.4, 0.5) is 0 Å². The van der Waals surface area contributed by atoms with Gasteiger partial charge < -0.3 is 5.11 Å². The fraction of sp³-hybridized carbons (Fsp3) is 0.647. The van der Waals surface area contributed by atoms with E-state index in [1.807, 2.05) is 6.07 Å². The summed E-state index contributed by atoms with van der Waals surface area (Å²) < 4.78 is 0. The molecule has 3 rings (SSSR count). The Hall–Kier alpha value is -1.06. The first-order valence-corrected chi connectivity index (χ1v) is 7.89. The molecule has 0 bridgehead atoms. The molecule has 2 aliphatic rings. The lowest BCUT2D eigenvalue weighted by molar-refractivity contribution is 0.229. The van der Waals surface area contributed by atoms with Crippen molar-refractivity contribution < 1.29 is 5.11 Å². The van der Waals surface area contributed by atoms with Crippen LogP contribution in [0.15, 0.2) is 12.1 Å². The van der Waals surface area contributed by atoms with E-state index in [1.54, 1.807) is 0 Å². The molecule has 3 nitrogen and oxygen atoms in total. The summed E-state index contributed by atoms with van der Waals surface area (Å²) in [7, 11) is 0. The predicted molar refractivity (Wildman–Crippen MR) is 82.1 cm³/mol. The van der Waals surface area contributed by atoms with Gasteiger partial charge in [0.1, 0.15) is 5.75 Å². The Morgan fingerprint density at radius 2 is 1.80 bits per heavy atom. The SMILES string of the molecule is Cc1cc(O)c(CN2CCC(N3CCCC3)C2)cc1C. The van der Waals surface area contributed by atoms with Gasteiger partial charge in [0.15, 0.2) is 0 Å². The van der Waals surface area contributed by atoms with Crippen LogP contribution in [-0.4, -0.2) is 47.1 Å². The highest BCUT2D eigenvalue weighted by atomic mass is 16.3. The van der Waals surface area contributed by atoms with Gasteiger partial charge in [-0.15, -0.1) is 0 Å². The van der Waals surface area contributed by atoms with E-state index in [4.69, 9.17) is 0 Å². The standard InChI is InChI=1S/C17H26N2O/c1-13-9-15(17(20)10-14(13)2)11-18-8-5-16(12-18)19-6-3-4-7-19/h9-10,16,20H,3-8,11-12H2,1-2H3. The summed E-state index contributed by atoms with van der Waals surface area (Å²) in [6, 6.07) is 4.79. The molecule has 3 heteroatoms. The fourth-order valence-corrected chi connectivity index (χ4v) is 3.59. The summed E-state index contributed by atoms with van der Waals surface area (Å²) in [6.07, 6.45) is 4.02. The van der Waals surface area contributed by atoms with Crippen molar-refractivity contribution in [3.8, 4) is 5.75 Å². The van der Waals surface area contributed by atoms with Crippen LogP contribution in [0.1, 0.15) is 36.0 Å². The molecule has 0 saturated carbocycles. The van der Waals surface area contributed by atoms with Gasteiger partial charge in [0.25, 0.3) is 0 Å². The highest BCUT2D eigenvalue weighted by Gasteiger charge is 2.29. The maximum atomic E-state index is 10.1. The van der Waals surface area contributed by atoms with Crippen molar-refractivity contribution >= 4 is 0 Å². The normalized spacial score (nSPS) is 24.6. The highest BCUT2D eigenvalue weighted by molar-refractivity contribution is 5.40. The molecule has 0 aliphatic carbocycles. The minimum absolute atomic E-state index is 0.456. The molecule has 2 aliphatic heterocycles. The van der Waals surface area contributed by atoms with Gasteiger partial charge in [0.2, 0.25) is 0 Å². The van der Waals surface area contributed by atoms with Gasteiger partial charge in [-0.3, -0.25) is 9.80 Å². The van der Waals surface area contributed by atoms with Crippen molar-refractivity contribution in [3.63, 3.8) is 0 Å². The monoisotopic (exact) mass is 274 g/mol. The van der Waals surface area contributed by atoms with Crippen molar-refractivity contribution in [2.45, 2.75) is 45.7 Å². The number of phenols is 1. The Balaban J connectivity index is 1.63. The topological polar surface area (TPSA) is 26.7 Å². The number of hydrogen-bond donors (Lipinski definition) is 1. The number of aryl methyl sites for hydroxylation is 2. The molecule has 110 valence electrons. The first kappa shape index (κ1) is 13.9. The number of hydrogen-bond acceptors (Lipinski definition) is 3. The zero-order valence-electron chi connectivity index (χ0n) is 12.7. The number of nitrogens with zero attached hydrogens (tertiary/aromatic N) is 2. The van der Waals surface area contributed by atoms with Crippen LogP contribution < -0.4 is 0 Å². The van der Waals surface area contributed by atoms with E-state index < -0.39 is 0 Å². The largest absolute Gasteiger partial charge is 0.508 e.